The first kappa shape index (κ1) is 12.4. The van der Waals surface area contributed by atoms with Gasteiger partial charge in [-0.25, -0.2) is 0 Å². The van der Waals surface area contributed by atoms with Crippen molar-refractivity contribution in [3.05, 3.63) is 51.2 Å². The standard InChI is InChI=1S/C13H13ClO2S/c1-16-11-7-13(17-8-11)12(15)6-9-3-2-4-10(14)5-9/h2-5,7-8,12,15H,6H2,1H3. The average molecular weight is 269 g/mol. The van der Waals surface area contributed by atoms with Crippen molar-refractivity contribution in [2.75, 3.05) is 7.11 Å². The van der Waals surface area contributed by atoms with Crippen molar-refractivity contribution >= 4 is 22.9 Å². The molecule has 0 saturated carbocycles. The Bertz CT molecular complexity index is 496. The Morgan fingerprint density at radius 1 is 1.41 bits per heavy atom. The summed E-state index contributed by atoms with van der Waals surface area (Å²) in [4.78, 5) is 0.904. The molecule has 0 aliphatic rings. The van der Waals surface area contributed by atoms with E-state index in [4.69, 9.17) is 16.3 Å². The highest BCUT2D eigenvalue weighted by Gasteiger charge is 2.11. The fourth-order valence-corrected chi connectivity index (χ4v) is 2.66. The summed E-state index contributed by atoms with van der Waals surface area (Å²) in [5, 5.41) is 12.7. The van der Waals surface area contributed by atoms with Gasteiger partial charge in [-0.15, -0.1) is 11.3 Å². The lowest BCUT2D eigenvalue weighted by Gasteiger charge is -2.08. The molecule has 17 heavy (non-hydrogen) atoms. The Labute approximate surface area is 109 Å². The summed E-state index contributed by atoms with van der Waals surface area (Å²) in [5.41, 5.74) is 1.03. The second kappa shape index (κ2) is 5.54. The Morgan fingerprint density at radius 2 is 2.24 bits per heavy atom. The van der Waals surface area contributed by atoms with E-state index in [0.29, 0.717) is 11.4 Å². The van der Waals surface area contributed by atoms with Crippen molar-refractivity contribution in [2.45, 2.75) is 12.5 Å². The first-order valence-electron chi connectivity index (χ1n) is 5.24. The third-order valence-corrected chi connectivity index (χ3v) is 3.73. The zero-order chi connectivity index (χ0) is 12.3. The topological polar surface area (TPSA) is 29.5 Å². The van der Waals surface area contributed by atoms with E-state index >= 15 is 0 Å². The SMILES string of the molecule is COc1csc(C(O)Cc2cccc(Cl)c2)c1. The molecular weight excluding hydrogens is 256 g/mol. The summed E-state index contributed by atoms with van der Waals surface area (Å²) in [5.74, 6) is 0.787. The molecule has 0 spiro atoms. The van der Waals surface area contributed by atoms with Crippen LogP contribution in [0.4, 0.5) is 0 Å². The molecule has 0 aliphatic carbocycles. The van der Waals surface area contributed by atoms with E-state index in [1.807, 2.05) is 35.7 Å². The normalized spacial score (nSPS) is 12.4. The monoisotopic (exact) mass is 268 g/mol. The Kier molecular flexibility index (Phi) is 4.05. The van der Waals surface area contributed by atoms with Gasteiger partial charge in [0.2, 0.25) is 0 Å². The molecule has 0 bridgehead atoms. The number of ether oxygens (including phenoxy) is 1. The molecule has 1 unspecified atom stereocenters. The number of aliphatic hydroxyl groups is 1. The van der Waals surface area contributed by atoms with E-state index in [-0.39, 0.29) is 0 Å². The molecule has 90 valence electrons. The Hall–Kier alpha value is -1.03. The van der Waals surface area contributed by atoms with Gasteiger partial charge in [-0.05, 0) is 23.8 Å². The van der Waals surface area contributed by atoms with Gasteiger partial charge < -0.3 is 9.84 Å². The van der Waals surface area contributed by atoms with Crippen molar-refractivity contribution in [3.63, 3.8) is 0 Å². The first-order valence-corrected chi connectivity index (χ1v) is 6.49. The number of halogens is 1. The Balaban J connectivity index is 2.08. The summed E-state index contributed by atoms with van der Waals surface area (Å²) < 4.78 is 5.09. The van der Waals surface area contributed by atoms with Crippen LogP contribution in [0.5, 0.6) is 5.75 Å². The molecule has 0 radical (unpaired) electrons. The van der Waals surface area contributed by atoms with E-state index in [9.17, 15) is 5.11 Å². The summed E-state index contributed by atoms with van der Waals surface area (Å²) >= 11 is 7.40. The van der Waals surface area contributed by atoms with Crippen molar-refractivity contribution in [3.8, 4) is 5.75 Å². The zero-order valence-corrected chi connectivity index (χ0v) is 11.0. The number of hydrogen-bond acceptors (Lipinski definition) is 3. The maximum absolute atomic E-state index is 10.1. The van der Waals surface area contributed by atoms with Gasteiger partial charge in [-0.2, -0.15) is 0 Å². The summed E-state index contributed by atoms with van der Waals surface area (Å²) in [6.45, 7) is 0. The van der Waals surface area contributed by atoms with Gasteiger partial charge in [0, 0.05) is 21.7 Å². The molecule has 4 heteroatoms. The van der Waals surface area contributed by atoms with Crippen molar-refractivity contribution in [1.29, 1.82) is 0 Å². The third-order valence-electron chi connectivity index (χ3n) is 2.48. The number of methoxy groups -OCH3 is 1. The smallest absolute Gasteiger partial charge is 0.129 e. The van der Waals surface area contributed by atoms with Crippen LogP contribution in [0.3, 0.4) is 0 Å². The van der Waals surface area contributed by atoms with Gasteiger partial charge >= 0.3 is 0 Å². The molecule has 0 amide bonds. The molecule has 2 aromatic rings. The van der Waals surface area contributed by atoms with Crippen LogP contribution >= 0.6 is 22.9 Å². The summed E-state index contributed by atoms with van der Waals surface area (Å²) in [6.07, 6.45) is 0.0481. The molecule has 2 rings (SSSR count). The van der Waals surface area contributed by atoms with Gasteiger partial charge in [0.15, 0.2) is 0 Å². The number of rotatable bonds is 4. The minimum Gasteiger partial charge on any atom is -0.496 e. The number of aliphatic hydroxyl groups excluding tert-OH is 1. The fourth-order valence-electron chi connectivity index (χ4n) is 1.60. The van der Waals surface area contributed by atoms with Gasteiger partial charge in [0.05, 0.1) is 13.2 Å². The highest BCUT2D eigenvalue weighted by Crippen LogP contribution is 2.29. The van der Waals surface area contributed by atoms with Crippen LogP contribution in [0.25, 0.3) is 0 Å². The van der Waals surface area contributed by atoms with Crippen LogP contribution < -0.4 is 4.74 Å². The van der Waals surface area contributed by atoms with Crippen LogP contribution in [0, 0.1) is 0 Å². The van der Waals surface area contributed by atoms with E-state index in [1.165, 1.54) is 11.3 Å². The highest BCUT2D eigenvalue weighted by molar-refractivity contribution is 7.10. The Morgan fingerprint density at radius 3 is 2.88 bits per heavy atom. The predicted octanol–water partition coefficient (Wildman–Crippen LogP) is 3.69. The zero-order valence-electron chi connectivity index (χ0n) is 9.39. The van der Waals surface area contributed by atoms with Crippen molar-refractivity contribution in [1.82, 2.24) is 0 Å². The van der Waals surface area contributed by atoms with Crippen LogP contribution in [0.1, 0.15) is 16.5 Å². The maximum Gasteiger partial charge on any atom is 0.129 e. The van der Waals surface area contributed by atoms with Gasteiger partial charge in [0.1, 0.15) is 5.75 Å². The molecule has 0 fully saturated rings. The molecule has 2 nitrogen and oxygen atoms in total. The molecule has 1 heterocycles. The van der Waals surface area contributed by atoms with Gasteiger partial charge in [-0.1, -0.05) is 23.7 Å². The molecule has 1 aromatic carbocycles. The van der Waals surface area contributed by atoms with E-state index in [1.54, 1.807) is 7.11 Å². The van der Waals surface area contributed by atoms with E-state index in [2.05, 4.69) is 0 Å². The minimum atomic E-state index is -0.512. The minimum absolute atomic E-state index is 0.512. The second-order valence-electron chi connectivity index (χ2n) is 3.74. The quantitative estimate of drug-likeness (QED) is 0.916. The van der Waals surface area contributed by atoms with Crippen LogP contribution in [-0.4, -0.2) is 12.2 Å². The molecule has 1 atom stereocenters. The first-order chi connectivity index (χ1) is 8.19. The predicted molar refractivity (Wildman–Crippen MR) is 71.0 cm³/mol. The van der Waals surface area contributed by atoms with Crippen LogP contribution in [0.15, 0.2) is 35.7 Å². The molecule has 0 aliphatic heterocycles. The van der Waals surface area contributed by atoms with Crippen LogP contribution in [0.2, 0.25) is 5.02 Å². The summed E-state index contributed by atoms with van der Waals surface area (Å²) in [7, 11) is 1.62. The van der Waals surface area contributed by atoms with E-state index < -0.39 is 6.10 Å². The highest BCUT2D eigenvalue weighted by atomic mass is 35.5. The lowest BCUT2D eigenvalue weighted by atomic mass is 10.1. The van der Waals surface area contributed by atoms with E-state index in [0.717, 1.165) is 16.2 Å². The fraction of sp³-hybridized carbons (Fsp3) is 0.231. The average Bonchev–Trinajstić information content (AvgIpc) is 2.77. The molecular formula is C13H13ClO2S. The lowest BCUT2D eigenvalue weighted by Crippen LogP contribution is -1.99. The number of thiophene rings is 1. The molecule has 0 saturated heterocycles. The largest absolute Gasteiger partial charge is 0.496 e. The van der Waals surface area contributed by atoms with Gasteiger partial charge in [-0.3, -0.25) is 0 Å². The second-order valence-corrected chi connectivity index (χ2v) is 5.12. The number of hydrogen-bond donors (Lipinski definition) is 1. The van der Waals surface area contributed by atoms with Crippen molar-refractivity contribution < 1.29 is 9.84 Å². The molecule has 1 aromatic heterocycles. The van der Waals surface area contributed by atoms with Crippen molar-refractivity contribution in [2.24, 2.45) is 0 Å². The van der Waals surface area contributed by atoms with Gasteiger partial charge in [0.25, 0.3) is 0 Å². The number of benzene rings is 1. The third kappa shape index (κ3) is 3.22. The summed E-state index contributed by atoms with van der Waals surface area (Å²) in [6, 6.07) is 9.40. The lowest BCUT2D eigenvalue weighted by molar-refractivity contribution is 0.182. The van der Waals surface area contributed by atoms with Crippen LogP contribution in [-0.2, 0) is 6.42 Å². The maximum atomic E-state index is 10.1. The molecule has 1 N–H and O–H groups in total.